The van der Waals surface area contributed by atoms with E-state index in [-0.39, 0.29) is 0 Å². The molecule has 0 saturated carbocycles. The maximum Gasteiger partial charge on any atom is 0.203 e. The molecule has 0 radical (unpaired) electrons. The fourth-order valence-electron chi connectivity index (χ4n) is 1.96. The van der Waals surface area contributed by atoms with Crippen molar-refractivity contribution < 1.29 is 0 Å². The van der Waals surface area contributed by atoms with Gasteiger partial charge in [-0.25, -0.2) is 0 Å². The van der Waals surface area contributed by atoms with Crippen molar-refractivity contribution in [2.24, 2.45) is 0 Å². The number of rotatable bonds is 7. The fourth-order valence-corrected chi connectivity index (χ4v) is 5.88. The van der Waals surface area contributed by atoms with Crippen LogP contribution in [0.1, 0.15) is 41.0 Å². The van der Waals surface area contributed by atoms with Gasteiger partial charge in [0.15, 0.2) is 0 Å². The Balaban J connectivity index is 4.38. The van der Waals surface area contributed by atoms with E-state index in [2.05, 4.69) is 44.6 Å². The molecule has 0 saturated heterocycles. The predicted molar refractivity (Wildman–Crippen MR) is 63.3 cm³/mol. The van der Waals surface area contributed by atoms with Gasteiger partial charge in [-0.2, -0.15) is 0 Å². The number of hydrogen-bond donors (Lipinski definition) is 2. The summed E-state index contributed by atoms with van der Waals surface area (Å²) in [5.41, 5.74) is 0.771. The summed E-state index contributed by atoms with van der Waals surface area (Å²) in [5.74, 6) is 0. The van der Waals surface area contributed by atoms with Crippen LogP contribution in [0.2, 0.25) is 11.6 Å². The van der Waals surface area contributed by atoms with Crippen molar-refractivity contribution in [3.63, 3.8) is 0 Å². The Kier molecular flexibility index (Phi) is 6.64. The molecule has 0 aliphatic rings. The monoisotopic (exact) mass is 202 g/mol. The third kappa shape index (κ3) is 3.79. The van der Waals surface area contributed by atoms with Gasteiger partial charge in [0.25, 0.3) is 0 Å². The average molecular weight is 202 g/mol. The lowest BCUT2D eigenvalue weighted by atomic mass is 10.6. The molecular weight excluding hydrogens is 176 g/mol. The van der Waals surface area contributed by atoms with E-state index in [4.69, 9.17) is 0 Å². The van der Waals surface area contributed by atoms with Crippen molar-refractivity contribution in [3.8, 4) is 0 Å². The fraction of sp³-hybridized carbons (Fsp3) is 1.00. The number of hydrogen-bond acceptors (Lipinski definition) is 2. The molecule has 0 spiro atoms. The van der Waals surface area contributed by atoms with E-state index in [1.165, 1.54) is 12.5 Å². The highest BCUT2D eigenvalue weighted by Gasteiger charge is 2.34. The Labute approximate surface area is 84.7 Å². The second-order valence-electron chi connectivity index (χ2n) is 3.94. The lowest BCUT2D eigenvalue weighted by Gasteiger charge is -2.36. The van der Waals surface area contributed by atoms with Crippen LogP contribution in [0.4, 0.5) is 0 Å². The summed E-state index contributed by atoms with van der Waals surface area (Å²) >= 11 is 0. The molecule has 0 aromatic carbocycles. The second kappa shape index (κ2) is 6.57. The lowest BCUT2D eigenvalue weighted by Crippen LogP contribution is -2.64. The van der Waals surface area contributed by atoms with Gasteiger partial charge in [-0.1, -0.05) is 41.0 Å². The molecule has 2 N–H and O–H groups in total. The van der Waals surface area contributed by atoms with Crippen molar-refractivity contribution >= 4 is 8.40 Å². The molecule has 0 bridgehead atoms. The van der Waals surface area contributed by atoms with E-state index in [1.807, 2.05) is 0 Å². The van der Waals surface area contributed by atoms with E-state index in [0.717, 1.165) is 18.6 Å². The molecule has 0 aliphatic heterocycles. The summed E-state index contributed by atoms with van der Waals surface area (Å²) < 4.78 is 0. The maximum absolute atomic E-state index is 3.73. The molecule has 0 aromatic heterocycles. The number of nitrogens with one attached hydrogen (secondary N) is 2. The first kappa shape index (κ1) is 13.1. The van der Waals surface area contributed by atoms with Gasteiger partial charge in [0, 0.05) is 0 Å². The Bertz CT molecular complexity index is 109. The summed E-state index contributed by atoms with van der Waals surface area (Å²) in [4.78, 5) is 7.45. The topological polar surface area (TPSA) is 24.1 Å². The largest absolute Gasteiger partial charge is 0.325 e. The van der Waals surface area contributed by atoms with E-state index >= 15 is 0 Å². The molecule has 0 aromatic rings. The van der Waals surface area contributed by atoms with Crippen LogP contribution in [0, 0.1) is 0 Å². The van der Waals surface area contributed by atoms with Gasteiger partial charge >= 0.3 is 0 Å². The van der Waals surface area contributed by atoms with Crippen LogP contribution in [0.5, 0.6) is 0 Å². The van der Waals surface area contributed by atoms with Crippen LogP contribution >= 0.6 is 0 Å². The van der Waals surface area contributed by atoms with Crippen molar-refractivity contribution in [1.29, 1.82) is 0 Å². The summed E-state index contributed by atoms with van der Waals surface area (Å²) in [6.45, 7) is 13.6. The van der Waals surface area contributed by atoms with Gasteiger partial charge in [-0.3, -0.25) is 0 Å². The molecule has 3 heteroatoms. The van der Waals surface area contributed by atoms with Crippen molar-refractivity contribution in [3.05, 3.63) is 0 Å². The quantitative estimate of drug-likeness (QED) is 0.620. The molecule has 0 aliphatic carbocycles. The van der Waals surface area contributed by atoms with E-state index in [0.29, 0.717) is 0 Å². The maximum atomic E-state index is 3.73. The van der Waals surface area contributed by atoms with Gasteiger partial charge < -0.3 is 9.96 Å². The van der Waals surface area contributed by atoms with Crippen LogP contribution < -0.4 is 9.96 Å². The Morgan fingerprint density at radius 3 is 1.69 bits per heavy atom. The van der Waals surface area contributed by atoms with E-state index in [1.54, 1.807) is 0 Å². The first-order chi connectivity index (χ1) is 6.13. The molecule has 2 nitrogen and oxygen atoms in total. The summed E-state index contributed by atoms with van der Waals surface area (Å²) in [5, 5.41) is 0. The van der Waals surface area contributed by atoms with E-state index in [9.17, 15) is 0 Å². The van der Waals surface area contributed by atoms with E-state index < -0.39 is 8.40 Å². The van der Waals surface area contributed by atoms with Gasteiger partial charge in [-0.05, 0) is 24.7 Å². The first-order valence-corrected chi connectivity index (χ1v) is 7.91. The minimum Gasteiger partial charge on any atom is -0.325 e. The molecule has 0 rings (SSSR count). The predicted octanol–water partition coefficient (Wildman–Crippen LogP) is 2.47. The molecule has 0 heterocycles. The molecule has 13 heavy (non-hydrogen) atoms. The second-order valence-corrected chi connectivity index (χ2v) is 8.24. The Hall–Kier alpha value is 0.137. The minimum atomic E-state index is -1.37. The van der Waals surface area contributed by atoms with Crippen molar-refractivity contribution in [1.82, 2.24) is 9.96 Å². The third-order valence-corrected chi connectivity index (χ3v) is 7.84. The van der Waals surface area contributed by atoms with Crippen LogP contribution in [-0.2, 0) is 0 Å². The van der Waals surface area contributed by atoms with Gasteiger partial charge in [-0.15, -0.1) is 0 Å². The SMILES string of the molecule is CCC[Si](NCC)(NCC)C(C)C. The van der Waals surface area contributed by atoms with Gasteiger partial charge in [0.1, 0.15) is 0 Å². The Morgan fingerprint density at radius 2 is 1.46 bits per heavy atom. The van der Waals surface area contributed by atoms with Crippen LogP contribution in [0.3, 0.4) is 0 Å². The molecule has 80 valence electrons. The van der Waals surface area contributed by atoms with Crippen LogP contribution in [0.15, 0.2) is 0 Å². The first-order valence-electron chi connectivity index (χ1n) is 5.63. The zero-order valence-electron chi connectivity index (χ0n) is 9.91. The standard InChI is InChI=1S/C10H26N2Si/c1-6-9-13(10(4)5,11-7-2)12-8-3/h10-12H,6-9H2,1-5H3. The van der Waals surface area contributed by atoms with Crippen molar-refractivity contribution in [2.75, 3.05) is 13.1 Å². The molecule has 0 amide bonds. The molecular formula is C10H26N2Si. The highest BCUT2D eigenvalue weighted by molar-refractivity contribution is 6.76. The average Bonchev–Trinajstić information content (AvgIpc) is 2.05. The normalized spacial score (nSPS) is 12.5. The van der Waals surface area contributed by atoms with Crippen LogP contribution in [0.25, 0.3) is 0 Å². The minimum absolute atomic E-state index is 0.771. The molecule has 0 fully saturated rings. The zero-order valence-corrected chi connectivity index (χ0v) is 10.9. The van der Waals surface area contributed by atoms with Crippen LogP contribution in [-0.4, -0.2) is 21.5 Å². The lowest BCUT2D eigenvalue weighted by molar-refractivity contribution is 0.759. The highest BCUT2D eigenvalue weighted by Crippen LogP contribution is 2.20. The molecule has 0 atom stereocenters. The summed E-state index contributed by atoms with van der Waals surface area (Å²) in [6, 6.07) is 1.34. The summed E-state index contributed by atoms with van der Waals surface area (Å²) in [6.07, 6.45) is 1.28. The highest BCUT2D eigenvalue weighted by atomic mass is 28.3. The van der Waals surface area contributed by atoms with Crippen molar-refractivity contribution in [2.45, 2.75) is 52.6 Å². The van der Waals surface area contributed by atoms with Gasteiger partial charge in [0.2, 0.25) is 8.40 Å². The van der Waals surface area contributed by atoms with Gasteiger partial charge in [0.05, 0.1) is 0 Å². The smallest absolute Gasteiger partial charge is 0.203 e. The zero-order chi connectivity index (χ0) is 10.3. The third-order valence-electron chi connectivity index (χ3n) is 2.61. The summed E-state index contributed by atoms with van der Waals surface area (Å²) in [7, 11) is -1.37. The molecule has 0 unspecified atom stereocenters. The Morgan fingerprint density at radius 1 is 1.00 bits per heavy atom.